The van der Waals surface area contributed by atoms with E-state index in [1.54, 1.807) is 16.8 Å². The summed E-state index contributed by atoms with van der Waals surface area (Å²) < 4.78 is 37.6. The SMILES string of the molecule is CNCCC(=O)N1CCN(C(=O)c2ccc(C(F)(F)F)cc2)CC1. The maximum atomic E-state index is 12.5. The third kappa shape index (κ3) is 4.47. The summed E-state index contributed by atoms with van der Waals surface area (Å²) in [6.45, 7) is 2.24. The van der Waals surface area contributed by atoms with Gasteiger partial charge >= 0.3 is 6.18 Å². The molecule has 0 bridgehead atoms. The molecule has 1 aliphatic heterocycles. The number of nitrogens with zero attached hydrogens (tertiary/aromatic N) is 2. The molecule has 0 aliphatic carbocycles. The van der Waals surface area contributed by atoms with Crippen LogP contribution in [0.5, 0.6) is 0 Å². The van der Waals surface area contributed by atoms with Gasteiger partial charge in [0.15, 0.2) is 0 Å². The van der Waals surface area contributed by atoms with E-state index in [9.17, 15) is 22.8 Å². The summed E-state index contributed by atoms with van der Waals surface area (Å²) in [6, 6.07) is 4.20. The van der Waals surface area contributed by atoms with Crippen LogP contribution in [0.1, 0.15) is 22.3 Å². The fourth-order valence-electron chi connectivity index (χ4n) is 2.53. The van der Waals surface area contributed by atoms with Gasteiger partial charge in [-0.2, -0.15) is 13.2 Å². The molecule has 8 heteroatoms. The predicted octanol–water partition coefficient (Wildman–Crippen LogP) is 1.60. The van der Waals surface area contributed by atoms with Crippen LogP contribution < -0.4 is 5.32 Å². The summed E-state index contributed by atoms with van der Waals surface area (Å²) in [6.07, 6.45) is -4.01. The summed E-state index contributed by atoms with van der Waals surface area (Å²) in [5.74, 6) is -0.281. The Morgan fingerprint density at radius 1 is 1.04 bits per heavy atom. The molecular weight excluding hydrogens is 323 g/mol. The lowest BCUT2D eigenvalue weighted by Gasteiger charge is -2.35. The van der Waals surface area contributed by atoms with Crippen molar-refractivity contribution in [3.63, 3.8) is 0 Å². The molecule has 1 heterocycles. The van der Waals surface area contributed by atoms with Crippen molar-refractivity contribution < 1.29 is 22.8 Å². The zero-order chi connectivity index (χ0) is 17.7. The second-order valence-corrected chi connectivity index (χ2v) is 5.60. The van der Waals surface area contributed by atoms with E-state index in [0.717, 1.165) is 12.1 Å². The molecule has 0 atom stereocenters. The van der Waals surface area contributed by atoms with Crippen molar-refractivity contribution in [2.75, 3.05) is 39.8 Å². The maximum absolute atomic E-state index is 12.5. The van der Waals surface area contributed by atoms with Crippen LogP contribution in [-0.4, -0.2) is 61.4 Å². The lowest BCUT2D eigenvalue weighted by atomic mass is 10.1. The van der Waals surface area contributed by atoms with E-state index in [-0.39, 0.29) is 17.4 Å². The quantitative estimate of drug-likeness (QED) is 0.904. The molecular formula is C16H20F3N3O2. The van der Waals surface area contributed by atoms with Crippen molar-refractivity contribution in [2.24, 2.45) is 0 Å². The Morgan fingerprint density at radius 3 is 2.08 bits per heavy atom. The van der Waals surface area contributed by atoms with Gasteiger partial charge in [0.05, 0.1) is 5.56 Å². The zero-order valence-electron chi connectivity index (χ0n) is 13.4. The van der Waals surface area contributed by atoms with Crippen LogP contribution in [0.4, 0.5) is 13.2 Å². The van der Waals surface area contributed by atoms with Crippen molar-refractivity contribution >= 4 is 11.8 Å². The first-order valence-corrected chi connectivity index (χ1v) is 7.72. The molecule has 0 spiro atoms. The molecule has 1 saturated heterocycles. The van der Waals surface area contributed by atoms with Crippen LogP contribution in [0.15, 0.2) is 24.3 Å². The molecule has 0 saturated carbocycles. The third-order valence-corrected chi connectivity index (χ3v) is 3.97. The fraction of sp³-hybridized carbons (Fsp3) is 0.500. The van der Waals surface area contributed by atoms with Crippen LogP contribution in [0.2, 0.25) is 0 Å². The van der Waals surface area contributed by atoms with Crippen LogP contribution in [-0.2, 0) is 11.0 Å². The lowest BCUT2D eigenvalue weighted by molar-refractivity contribution is -0.137. The molecule has 0 aromatic heterocycles. The highest BCUT2D eigenvalue weighted by molar-refractivity contribution is 5.94. The van der Waals surface area contributed by atoms with Gasteiger partial charge in [0.25, 0.3) is 5.91 Å². The molecule has 0 radical (unpaired) electrons. The molecule has 1 aromatic carbocycles. The van der Waals surface area contributed by atoms with Crippen LogP contribution in [0.3, 0.4) is 0 Å². The average molecular weight is 343 g/mol. The summed E-state index contributed by atoms with van der Waals surface area (Å²) in [5, 5.41) is 2.91. The topological polar surface area (TPSA) is 52.7 Å². The van der Waals surface area contributed by atoms with Gasteiger partial charge in [0.2, 0.25) is 5.91 Å². The largest absolute Gasteiger partial charge is 0.416 e. The summed E-state index contributed by atoms with van der Waals surface area (Å²) in [7, 11) is 1.77. The van der Waals surface area contributed by atoms with Gasteiger partial charge in [-0.3, -0.25) is 9.59 Å². The minimum absolute atomic E-state index is 0.0333. The monoisotopic (exact) mass is 343 g/mol. The molecule has 24 heavy (non-hydrogen) atoms. The van der Waals surface area contributed by atoms with E-state index in [1.165, 1.54) is 12.1 Å². The van der Waals surface area contributed by atoms with E-state index in [2.05, 4.69) is 5.32 Å². The van der Waals surface area contributed by atoms with E-state index in [1.807, 2.05) is 0 Å². The number of alkyl halides is 3. The van der Waals surface area contributed by atoms with Crippen molar-refractivity contribution in [3.8, 4) is 0 Å². The molecule has 1 N–H and O–H groups in total. The van der Waals surface area contributed by atoms with Crippen LogP contribution in [0.25, 0.3) is 0 Å². The summed E-state index contributed by atoms with van der Waals surface area (Å²) in [4.78, 5) is 27.5. The van der Waals surface area contributed by atoms with E-state index in [0.29, 0.717) is 39.1 Å². The second-order valence-electron chi connectivity index (χ2n) is 5.60. The molecule has 1 fully saturated rings. The Labute approximate surface area is 138 Å². The third-order valence-electron chi connectivity index (χ3n) is 3.97. The Kier molecular flexibility index (Phi) is 5.82. The minimum Gasteiger partial charge on any atom is -0.339 e. The van der Waals surface area contributed by atoms with E-state index in [4.69, 9.17) is 0 Å². The van der Waals surface area contributed by atoms with E-state index >= 15 is 0 Å². The predicted molar refractivity (Wildman–Crippen MR) is 82.5 cm³/mol. The normalized spacial score (nSPS) is 15.5. The number of amides is 2. The van der Waals surface area contributed by atoms with Gasteiger partial charge in [-0.15, -0.1) is 0 Å². The van der Waals surface area contributed by atoms with Gasteiger partial charge in [-0.1, -0.05) is 0 Å². The molecule has 0 unspecified atom stereocenters. The summed E-state index contributed by atoms with van der Waals surface area (Å²) >= 11 is 0. The van der Waals surface area contributed by atoms with Crippen LogP contribution >= 0.6 is 0 Å². The van der Waals surface area contributed by atoms with Gasteiger partial charge in [0.1, 0.15) is 0 Å². The molecule has 2 amide bonds. The minimum atomic E-state index is -4.42. The maximum Gasteiger partial charge on any atom is 0.416 e. The number of benzene rings is 1. The average Bonchev–Trinajstić information content (AvgIpc) is 2.58. The number of halogens is 3. The number of piperazine rings is 1. The number of carbonyl (C=O) groups excluding carboxylic acids is 2. The van der Waals surface area contributed by atoms with Crippen molar-refractivity contribution in [2.45, 2.75) is 12.6 Å². The number of carbonyl (C=O) groups is 2. The van der Waals surface area contributed by atoms with Gasteiger partial charge in [-0.25, -0.2) is 0 Å². The highest BCUT2D eigenvalue weighted by Gasteiger charge is 2.31. The van der Waals surface area contributed by atoms with Gasteiger partial charge in [-0.05, 0) is 31.3 Å². The van der Waals surface area contributed by atoms with Crippen LogP contribution in [0, 0.1) is 0 Å². The molecule has 2 rings (SSSR count). The van der Waals surface area contributed by atoms with Gasteiger partial charge in [0, 0.05) is 44.7 Å². The molecule has 132 valence electrons. The molecule has 1 aliphatic rings. The highest BCUT2D eigenvalue weighted by atomic mass is 19.4. The summed E-state index contributed by atoms with van der Waals surface area (Å²) in [5.41, 5.74) is -0.558. The van der Waals surface area contributed by atoms with Crippen molar-refractivity contribution in [1.82, 2.24) is 15.1 Å². The first-order valence-electron chi connectivity index (χ1n) is 7.72. The lowest BCUT2D eigenvalue weighted by Crippen LogP contribution is -2.50. The van der Waals surface area contributed by atoms with Crippen molar-refractivity contribution in [1.29, 1.82) is 0 Å². The Hall–Kier alpha value is -2.09. The number of hydrogen-bond donors (Lipinski definition) is 1. The fourth-order valence-corrected chi connectivity index (χ4v) is 2.53. The second kappa shape index (κ2) is 7.65. The Morgan fingerprint density at radius 2 is 1.58 bits per heavy atom. The highest BCUT2D eigenvalue weighted by Crippen LogP contribution is 2.29. The number of rotatable bonds is 4. The Balaban J connectivity index is 1.92. The smallest absolute Gasteiger partial charge is 0.339 e. The number of hydrogen-bond acceptors (Lipinski definition) is 3. The first-order chi connectivity index (χ1) is 11.3. The molecule has 5 nitrogen and oxygen atoms in total. The standard InChI is InChI=1S/C16H20F3N3O2/c1-20-7-6-14(23)21-8-10-22(11-9-21)15(24)12-2-4-13(5-3-12)16(17,18)19/h2-5,20H,6-11H2,1H3. The first kappa shape index (κ1) is 18.3. The Bertz CT molecular complexity index is 579. The van der Waals surface area contributed by atoms with E-state index < -0.39 is 11.7 Å². The number of nitrogens with one attached hydrogen (secondary N) is 1. The van der Waals surface area contributed by atoms with Crippen molar-refractivity contribution in [3.05, 3.63) is 35.4 Å². The van der Waals surface area contributed by atoms with Gasteiger partial charge < -0.3 is 15.1 Å². The molecule has 1 aromatic rings. The zero-order valence-corrected chi connectivity index (χ0v) is 13.4.